The highest BCUT2D eigenvalue weighted by Gasteiger charge is 2.69. The summed E-state index contributed by atoms with van der Waals surface area (Å²) in [7, 11) is 2.88. The quantitative estimate of drug-likeness (QED) is 0.145. The Morgan fingerprint density at radius 3 is 2.44 bits per heavy atom. The summed E-state index contributed by atoms with van der Waals surface area (Å²) in [6.45, 7) is 0.884. The number of fused-ring (bicyclic) bond motifs is 2. The average molecular weight is 558 g/mol. The van der Waals surface area contributed by atoms with Crippen molar-refractivity contribution >= 4 is 35.5 Å². The SMILES string of the molecule is COc1ccc(COC(=O)C2N3C(=O)C(N4C(=O)c5cccc(OC)c5C4=O)[C@@H]3S[C@@]2(C)CO[N+](=O)[O-])cc1. The highest BCUT2D eigenvalue weighted by molar-refractivity contribution is 8.01. The Morgan fingerprint density at radius 2 is 1.79 bits per heavy atom. The Labute approximate surface area is 226 Å². The molecule has 3 amide bonds. The number of thioether (sulfide) groups is 1. The van der Waals surface area contributed by atoms with Crippen LogP contribution in [-0.4, -0.2) is 81.6 Å². The summed E-state index contributed by atoms with van der Waals surface area (Å²) in [5, 5.41) is 9.15. The summed E-state index contributed by atoms with van der Waals surface area (Å²) in [6, 6.07) is 8.87. The molecule has 2 aromatic carbocycles. The third-order valence-electron chi connectivity index (χ3n) is 6.92. The summed E-state index contributed by atoms with van der Waals surface area (Å²) in [6.07, 6.45) is 0. The maximum Gasteiger partial charge on any atom is 0.330 e. The Bertz CT molecular complexity index is 1380. The van der Waals surface area contributed by atoms with E-state index in [0.29, 0.717) is 11.3 Å². The van der Waals surface area contributed by atoms with Crippen molar-refractivity contribution in [2.75, 3.05) is 20.8 Å². The molecule has 204 valence electrons. The monoisotopic (exact) mass is 557 g/mol. The van der Waals surface area contributed by atoms with E-state index in [-0.39, 0.29) is 23.5 Å². The molecule has 0 bridgehead atoms. The zero-order valence-electron chi connectivity index (χ0n) is 21.0. The third kappa shape index (κ3) is 4.20. The van der Waals surface area contributed by atoms with E-state index in [1.807, 2.05) is 0 Å². The molecule has 0 aromatic heterocycles. The van der Waals surface area contributed by atoms with Crippen LogP contribution in [0.4, 0.5) is 0 Å². The molecule has 4 atom stereocenters. The number of benzene rings is 2. The Kier molecular flexibility index (Phi) is 6.58. The largest absolute Gasteiger partial charge is 0.497 e. The summed E-state index contributed by atoms with van der Waals surface area (Å²) < 4.78 is 14.5. The van der Waals surface area contributed by atoms with E-state index < -0.39 is 57.6 Å². The Hall–Kier alpha value is -4.33. The molecular formula is C25H23N3O10S. The van der Waals surface area contributed by atoms with Gasteiger partial charge >= 0.3 is 5.97 Å². The van der Waals surface area contributed by atoms with Crippen molar-refractivity contribution in [2.45, 2.75) is 35.7 Å². The lowest BCUT2D eigenvalue weighted by Gasteiger charge is -2.46. The van der Waals surface area contributed by atoms with Crippen molar-refractivity contribution in [1.29, 1.82) is 0 Å². The van der Waals surface area contributed by atoms with Gasteiger partial charge in [0.1, 0.15) is 42.2 Å². The van der Waals surface area contributed by atoms with Gasteiger partial charge in [0, 0.05) is 0 Å². The summed E-state index contributed by atoms with van der Waals surface area (Å²) >= 11 is 1.04. The minimum absolute atomic E-state index is 0.0501. The Balaban J connectivity index is 1.40. The van der Waals surface area contributed by atoms with Crippen molar-refractivity contribution in [1.82, 2.24) is 9.80 Å². The van der Waals surface area contributed by atoms with Gasteiger partial charge in [-0.3, -0.25) is 19.3 Å². The average Bonchev–Trinajstić information content (AvgIpc) is 3.35. The van der Waals surface area contributed by atoms with Crippen LogP contribution in [0.2, 0.25) is 0 Å². The molecule has 14 heteroatoms. The molecule has 3 heterocycles. The van der Waals surface area contributed by atoms with E-state index >= 15 is 0 Å². The lowest BCUT2D eigenvalue weighted by atomic mass is 9.94. The van der Waals surface area contributed by atoms with Crippen LogP contribution in [0.15, 0.2) is 42.5 Å². The zero-order chi connectivity index (χ0) is 28.1. The van der Waals surface area contributed by atoms with Crippen LogP contribution in [0.3, 0.4) is 0 Å². The standard InChI is InChI=1S/C25H23N3O10S/c1-25(12-38-28(33)34)19(24(32)37-11-13-7-9-14(35-2)10-8-13)27-22(31)18(23(27)39-25)26-20(29)15-5-4-6-16(36-3)17(15)21(26)30/h4-10,18-19,23H,11-12H2,1-3H3/t18?,19?,23-,25-/m0/s1. The molecule has 2 fully saturated rings. The first-order chi connectivity index (χ1) is 18.6. The van der Waals surface area contributed by atoms with E-state index in [9.17, 15) is 29.3 Å². The molecule has 39 heavy (non-hydrogen) atoms. The molecule has 0 saturated carbocycles. The van der Waals surface area contributed by atoms with Gasteiger partial charge < -0.3 is 23.9 Å². The highest BCUT2D eigenvalue weighted by Crippen LogP contribution is 2.53. The molecule has 2 saturated heterocycles. The number of carbonyl (C=O) groups is 4. The number of hydrogen-bond acceptors (Lipinski definition) is 11. The number of ether oxygens (including phenoxy) is 3. The first-order valence-corrected chi connectivity index (χ1v) is 12.6. The number of nitrogens with zero attached hydrogens (tertiary/aromatic N) is 3. The van der Waals surface area contributed by atoms with Crippen LogP contribution < -0.4 is 9.47 Å². The van der Waals surface area contributed by atoms with Crippen LogP contribution in [0, 0.1) is 10.1 Å². The van der Waals surface area contributed by atoms with Gasteiger partial charge in [0.05, 0.1) is 30.1 Å². The summed E-state index contributed by atoms with van der Waals surface area (Å²) in [4.78, 5) is 70.9. The summed E-state index contributed by atoms with van der Waals surface area (Å²) in [5.41, 5.74) is 0.806. The lowest BCUT2D eigenvalue weighted by Crippen LogP contribution is -2.71. The molecule has 5 rings (SSSR count). The maximum absolute atomic E-state index is 13.5. The minimum atomic E-state index is -1.31. The Morgan fingerprint density at radius 1 is 1.08 bits per heavy atom. The van der Waals surface area contributed by atoms with Crippen molar-refractivity contribution < 1.29 is 43.3 Å². The van der Waals surface area contributed by atoms with Gasteiger partial charge in [-0.2, -0.15) is 0 Å². The van der Waals surface area contributed by atoms with Crippen molar-refractivity contribution in [3.05, 3.63) is 69.3 Å². The molecule has 3 aliphatic heterocycles. The van der Waals surface area contributed by atoms with Crippen molar-refractivity contribution in [3.63, 3.8) is 0 Å². The number of β-lactam (4-membered cyclic amide) rings is 1. The van der Waals surface area contributed by atoms with Gasteiger partial charge in [-0.1, -0.05) is 18.2 Å². The van der Waals surface area contributed by atoms with Gasteiger partial charge in [-0.25, -0.2) is 4.79 Å². The number of imide groups is 1. The number of esters is 1. The fourth-order valence-corrected chi connectivity index (χ4v) is 6.76. The lowest BCUT2D eigenvalue weighted by molar-refractivity contribution is -0.758. The van der Waals surface area contributed by atoms with E-state index in [0.717, 1.165) is 16.7 Å². The summed E-state index contributed by atoms with van der Waals surface area (Å²) in [5.74, 6) is -2.00. The van der Waals surface area contributed by atoms with Crippen molar-refractivity contribution in [2.24, 2.45) is 0 Å². The molecular weight excluding hydrogens is 534 g/mol. The third-order valence-corrected chi connectivity index (χ3v) is 8.53. The second-order valence-electron chi connectivity index (χ2n) is 9.23. The molecule has 0 N–H and O–H groups in total. The van der Waals surface area contributed by atoms with E-state index in [4.69, 9.17) is 14.2 Å². The van der Waals surface area contributed by atoms with Gasteiger partial charge in [-0.05, 0) is 36.8 Å². The number of hydrogen-bond donors (Lipinski definition) is 0. The van der Waals surface area contributed by atoms with Gasteiger partial charge in [0.2, 0.25) is 0 Å². The fraction of sp³-hybridized carbons (Fsp3) is 0.360. The van der Waals surface area contributed by atoms with Gasteiger partial charge in [0.15, 0.2) is 0 Å². The molecule has 2 aromatic rings. The van der Waals surface area contributed by atoms with Crippen LogP contribution in [0.1, 0.15) is 33.2 Å². The van der Waals surface area contributed by atoms with Crippen molar-refractivity contribution in [3.8, 4) is 11.5 Å². The number of rotatable bonds is 9. The second-order valence-corrected chi connectivity index (χ2v) is 10.9. The molecule has 0 radical (unpaired) electrons. The van der Waals surface area contributed by atoms with Gasteiger partial charge in [0.25, 0.3) is 22.8 Å². The second kappa shape index (κ2) is 9.76. The van der Waals surface area contributed by atoms with Crippen LogP contribution in [-0.2, 0) is 25.8 Å². The predicted molar refractivity (Wildman–Crippen MR) is 133 cm³/mol. The highest BCUT2D eigenvalue weighted by atomic mass is 32.2. The fourth-order valence-electron chi connectivity index (χ4n) is 5.04. The normalized spacial score (nSPS) is 25.1. The molecule has 2 unspecified atom stereocenters. The number of amides is 3. The molecule has 13 nitrogen and oxygen atoms in total. The van der Waals surface area contributed by atoms with E-state index in [1.54, 1.807) is 30.3 Å². The number of methoxy groups -OCH3 is 2. The first kappa shape index (κ1) is 26.3. The number of carbonyl (C=O) groups excluding carboxylic acids is 4. The van der Waals surface area contributed by atoms with Gasteiger partial charge in [-0.15, -0.1) is 21.9 Å². The molecule has 0 aliphatic carbocycles. The predicted octanol–water partition coefficient (Wildman–Crippen LogP) is 1.66. The molecule has 0 spiro atoms. The topological polar surface area (TPSA) is 155 Å². The zero-order valence-corrected chi connectivity index (χ0v) is 21.8. The van der Waals surface area contributed by atoms with Crippen LogP contribution in [0.25, 0.3) is 0 Å². The van der Waals surface area contributed by atoms with Crippen LogP contribution in [0.5, 0.6) is 11.5 Å². The smallest absolute Gasteiger partial charge is 0.330 e. The maximum atomic E-state index is 13.5. The van der Waals surface area contributed by atoms with Crippen LogP contribution >= 0.6 is 11.8 Å². The minimum Gasteiger partial charge on any atom is -0.497 e. The van der Waals surface area contributed by atoms with E-state index in [2.05, 4.69) is 4.84 Å². The first-order valence-electron chi connectivity index (χ1n) is 11.7. The molecule has 3 aliphatic rings. The van der Waals surface area contributed by atoms with E-state index in [1.165, 1.54) is 38.2 Å².